The summed E-state index contributed by atoms with van der Waals surface area (Å²) < 4.78 is 0. The van der Waals surface area contributed by atoms with Crippen molar-refractivity contribution in [1.29, 1.82) is 0 Å². The summed E-state index contributed by atoms with van der Waals surface area (Å²) in [6, 6.07) is 52.0. The van der Waals surface area contributed by atoms with Crippen molar-refractivity contribution in [2.45, 2.75) is 0 Å². The van der Waals surface area contributed by atoms with E-state index >= 15 is 0 Å². The molecule has 0 spiro atoms. The SMILES string of the molecule is O=C(O)c1ccc2c(c1)N=C(c1ccccc1)C(c1ccccc1)=Nc1ccccc1N=C(c1ccccc1)C(c1ccccc1)=N2.[Cu]. The first-order valence-electron chi connectivity index (χ1n) is 15.2. The van der Waals surface area contributed by atoms with Crippen LogP contribution in [-0.4, -0.2) is 33.9 Å². The molecule has 0 unspecified atom stereocenters. The predicted octanol–water partition coefficient (Wildman–Crippen LogP) is 9.58. The molecule has 1 aliphatic heterocycles. The molecule has 1 N–H and O–H groups in total. The number of carboxylic acids is 1. The molecule has 0 aliphatic carbocycles. The van der Waals surface area contributed by atoms with E-state index in [0.29, 0.717) is 45.6 Å². The third kappa shape index (κ3) is 6.88. The Labute approximate surface area is 289 Å². The first kappa shape index (κ1) is 32.0. The minimum absolute atomic E-state index is 0. The van der Waals surface area contributed by atoms with E-state index in [1.165, 1.54) is 0 Å². The van der Waals surface area contributed by atoms with Gasteiger partial charge in [-0.05, 0) is 30.3 Å². The Bertz CT molecular complexity index is 2200. The van der Waals surface area contributed by atoms with Gasteiger partial charge in [0, 0.05) is 39.3 Å². The van der Waals surface area contributed by atoms with Crippen molar-refractivity contribution in [2.75, 3.05) is 0 Å². The van der Waals surface area contributed by atoms with Crippen LogP contribution in [0.3, 0.4) is 0 Å². The van der Waals surface area contributed by atoms with Gasteiger partial charge in [-0.2, -0.15) is 0 Å². The van der Waals surface area contributed by atoms with Crippen molar-refractivity contribution < 1.29 is 27.0 Å². The van der Waals surface area contributed by atoms with Gasteiger partial charge < -0.3 is 5.11 Å². The zero-order chi connectivity index (χ0) is 32.0. The Balaban J connectivity index is 0.00000401. The van der Waals surface area contributed by atoms with E-state index in [4.69, 9.17) is 20.0 Å². The number of carboxylic acid groups (broad SMARTS) is 1. The second-order valence-electron chi connectivity index (χ2n) is 10.8. The van der Waals surface area contributed by atoms with Crippen molar-refractivity contribution in [1.82, 2.24) is 0 Å². The van der Waals surface area contributed by atoms with Crippen LogP contribution in [0.25, 0.3) is 0 Å². The minimum Gasteiger partial charge on any atom is -0.478 e. The zero-order valence-corrected chi connectivity index (χ0v) is 26.5. The molecule has 6 nitrogen and oxygen atoms in total. The summed E-state index contributed by atoms with van der Waals surface area (Å²) in [4.78, 5) is 33.3. The largest absolute Gasteiger partial charge is 0.478 e. The molecule has 6 aromatic rings. The number of hydrogen-bond acceptors (Lipinski definition) is 5. The van der Waals surface area contributed by atoms with E-state index in [-0.39, 0.29) is 22.6 Å². The number of aromatic carboxylic acids is 1. The van der Waals surface area contributed by atoms with E-state index in [0.717, 1.165) is 22.3 Å². The maximum atomic E-state index is 12.2. The monoisotopic (exact) mass is 671 g/mol. The van der Waals surface area contributed by atoms with Gasteiger partial charge >= 0.3 is 5.97 Å². The summed E-state index contributed by atoms with van der Waals surface area (Å²) in [6.07, 6.45) is 0. The first-order valence-corrected chi connectivity index (χ1v) is 15.2. The summed E-state index contributed by atoms with van der Waals surface area (Å²) >= 11 is 0. The molecule has 7 rings (SSSR count). The molecule has 0 saturated carbocycles. The fraction of sp³-hybridized carbons (Fsp3) is 0. The van der Waals surface area contributed by atoms with Gasteiger partial charge in [-0.25, -0.2) is 24.8 Å². The number of nitrogens with zero attached hydrogens (tertiary/aromatic N) is 4. The number of rotatable bonds is 5. The van der Waals surface area contributed by atoms with Crippen LogP contribution in [0, 0.1) is 0 Å². The molecule has 6 aromatic carbocycles. The Morgan fingerprint density at radius 3 is 1.00 bits per heavy atom. The summed E-state index contributed by atoms with van der Waals surface area (Å²) in [5.41, 5.74) is 8.11. The Morgan fingerprint density at radius 1 is 0.375 bits per heavy atom. The predicted molar refractivity (Wildman–Crippen MR) is 190 cm³/mol. The molecule has 235 valence electrons. The van der Waals surface area contributed by atoms with Gasteiger partial charge in [0.2, 0.25) is 0 Å². The second-order valence-corrected chi connectivity index (χ2v) is 10.8. The van der Waals surface area contributed by atoms with Crippen LogP contribution in [0.15, 0.2) is 184 Å². The molecular formula is C41H28CuN4O2. The smallest absolute Gasteiger partial charge is 0.335 e. The van der Waals surface area contributed by atoms with Crippen LogP contribution < -0.4 is 0 Å². The molecule has 0 saturated heterocycles. The Morgan fingerprint density at radius 2 is 0.667 bits per heavy atom. The zero-order valence-electron chi connectivity index (χ0n) is 25.5. The molecular weight excluding hydrogens is 644 g/mol. The molecule has 0 aromatic heterocycles. The average molecular weight is 672 g/mol. The molecule has 0 atom stereocenters. The number of aliphatic imine (C=N–C) groups is 4. The van der Waals surface area contributed by atoms with Crippen molar-refractivity contribution >= 4 is 51.6 Å². The molecule has 1 radical (unpaired) electrons. The van der Waals surface area contributed by atoms with Gasteiger partial charge in [-0.3, -0.25) is 0 Å². The van der Waals surface area contributed by atoms with Crippen LogP contribution in [-0.2, 0) is 17.1 Å². The maximum absolute atomic E-state index is 12.2. The fourth-order valence-electron chi connectivity index (χ4n) is 5.38. The second kappa shape index (κ2) is 14.6. The molecule has 48 heavy (non-hydrogen) atoms. The van der Waals surface area contributed by atoms with Gasteiger partial charge in [-0.15, -0.1) is 0 Å². The molecule has 7 heteroatoms. The minimum atomic E-state index is -1.06. The van der Waals surface area contributed by atoms with Gasteiger partial charge in [0.05, 0.1) is 51.2 Å². The van der Waals surface area contributed by atoms with Crippen LogP contribution in [0.5, 0.6) is 0 Å². The van der Waals surface area contributed by atoms with E-state index < -0.39 is 5.97 Å². The van der Waals surface area contributed by atoms with Crippen molar-refractivity contribution in [3.05, 3.63) is 192 Å². The number of para-hydroxylation sites is 2. The standard InChI is InChI=1S/C41H28N4O2.Cu/c46-41(47)32-25-26-35-36(27-32)45-40(31-21-11-4-12-22-31)39(30-19-9-3-10-20-30)43-34-24-14-13-23-33(34)42-37(28-15-5-1-6-16-28)38(44-35)29-17-7-2-8-18-29;/h1-27H,(H,46,47);. The van der Waals surface area contributed by atoms with Gasteiger partial charge in [-0.1, -0.05) is 133 Å². The van der Waals surface area contributed by atoms with Crippen LogP contribution in [0.4, 0.5) is 22.7 Å². The van der Waals surface area contributed by atoms with E-state index in [2.05, 4.69) is 0 Å². The third-order valence-electron chi connectivity index (χ3n) is 7.67. The number of benzene rings is 6. The summed E-state index contributed by atoms with van der Waals surface area (Å²) in [6.45, 7) is 0. The quantitative estimate of drug-likeness (QED) is 0.185. The number of hydrogen-bond donors (Lipinski definition) is 1. The Kier molecular flexibility index (Phi) is 9.72. The first-order chi connectivity index (χ1) is 23.1. The van der Waals surface area contributed by atoms with E-state index in [1.54, 1.807) is 18.2 Å². The molecule has 0 amide bonds. The fourth-order valence-corrected chi connectivity index (χ4v) is 5.38. The van der Waals surface area contributed by atoms with Crippen molar-refractivity contribution in [2.24, 2.45) is 20.0 Å². The summed E-state index contributed by atoms with van der Waals surface area (Å²) in [5, 5.41) is 10.0. The Hall–Kier alpha value is -6.01. The van der Waals surface area contributed by atoms with E-state index in [9.17, 15) is 9.90 Å². The van der Waals surface area contributed by atoms with Crippen LogP contribution >= 0.6 is 0 Å². The van der Waals surface area contributed by atoms with Gasteiger partial charge in [0.1, 0.15) is 0 Å². The number of fused-ring (bicyclic) bond motifs is 2. The van der Waals surface area contributed by atoms with Crippen molar-refractivity contribution in [3.63, 3.8) is 0 Å². The average Bonchev–Trinajstić information content (AvgIpc) is 3.13. The van der Waals surface area contributed by atoms with Gasteiger partial charge in [0.15, 0.2) is 0 Å². The molecule has 1 aliphatic rings. The molecule has 0 fully saturated rings. The van der Waals surface area contributed by atoms with Crippen LogP contribution in [0.1, 0.15) is 32.6 Å². The molecule has 1 heterocycles. The maximum Gasteiger partial charge on any atom is 0.335 e. The summed E-state index contributed by atoms with van der Waals surface area (Å²) in [7, 11) is 0. The van der Waals surface area contributed by atoms with Crippen LogP contribution in [0.2, 0.25) is 0 Å². The van der Waals surface area contributed by atoms with Gasteiger partial charge in [0.25, 0.3) is 0 Å². The molecule has 0 bridgehead atoms. The number of carbonyl (C=O) groups is 1. The normalized spacial score (nSPS) is 12.7. The summed E-state index contributed by atoms with van der Waals surface area (Å²) in [5.74, 6) is -1.06. The van der Waals surface area contributed by atoms with Crippen molar-refractivity contribution in [3.8, 4) is 0 Å². The topological polar surface area (TPSA) is 86.7 Å². The van der Waals surface area contributed by atoms with E-state index in [1.807, 2.05) is 146 Å². The third-order valence-corrected chi connectivity index (χ3v) is 7.67.